The molecule has 0 bridgehead atoms. The minimum Gasteiger partial charge on any atom is -0.386 e. The first-order valence-corrected chi connectivity index (χ1v) is 6.90. The van der Waals surface area contributed by atoms with Crippen molar-refractivity contribution < 1.29 is 14.7 Å². The molecule has 2 aromatic rings. The van der Waals surface area contributed by atoms with Gasteiger partial charge in [-0.25, -0.2) is 0 Å². The molecule has 2 rings (SSSR count). The highest BCUT2D eigenvalue weighted by molar-refractivity contribution is 7.10. The van der Waals surface area contributed by atoms with Gasteiger partial charge in [0.2, 0.25) is 0 Å². The lowest BCUT2D eigenvalue weighted by atomic mass is 10.3. The van der Waals surface area contributed by atoms with Gasteiger partial charge in [-0.2, -0.15) is 0 Å². The number of aliphatic hydroxyl groups is 1. The van der Waals surface area contributed by atoms with Crippen LogP contribution in [-0.4, -0.2) is 23.5 Å². The van der Waals surface area contributed by atoms with Crippen LogP contribution >= 0.6 is 11.3 Å². The van der Waals surface area contributed by atoms with E-state index in [2.05, 4.69) is 10.6 Å². The van der Waals surface area contributed by atoms with E-state index in [-0.39, 0.29) is 6.54 Å². The second kappa shape index (κ2) is 6.83. The Hall–Kier alpha value is -2.18. The van der Waals surface area contributed by atoms with Gasteiger partial charge in [0.05, 0.1) is 0 Å². The van der Waals surface area contributed by atoms with Crippen LogP contribution in [0.3, 0.4) is 0 Å². The highest BCUT2D eigenvalue weighted by Crippen LogP contribution is 2.17. The molecule has 1 atom stereocenters. The molecule has 5 nitrogen and oxygen atoms in total. The van der Waals surface area contributed by atoms with Crippen LogP contribution in [0.5, 0.6) is 0 Å². The van der Waals surface area contributed by atoms with Gasteiger partial charge in [0.15, 0.2) is 0 Å². The zero-order chi connectivity index (χ0) is 14.4. The van der Waals surface area contributed by atoms with Crippen molar-refractivity contribution in [3.8, 4) is 0 Å². The van der Waals surface area contributed by atoms with E-state index in [0.29, 0.717) is 5.69 Å². The Morgan fingerprint density at radius 1 is 1.10 bits per heavy atom. The average Bonchev–Trinajstić information content (AvgIpc) is 2.99. The summed E-state index contributed by atoms with van der Waals surface area (Å²) in [6, 6.07) is 12.3. The summed E-state index contributed by atoms with van der Waals surface area (Å²) in [5.74, 6) is -1.53. The summed E-state index contributed by atoms with van der Waals surface area (Å²) >= 11 is 1.39. The lowest BCUT2D eigenvalue weighted by molar-refractivity contribution is -0.136. The number of thiophene rings is 1. The van der Waals surface area contributed by atoms with E-state index in [4.69, 9.17) is 0 Å². The Morgan fingerprint density at radius 2 is 1.85 bits per heavy atom. The third-order valence-electron chi connectivity index (χ3n) is 2.57. The van der Waals surface area contributed by atoms with E-state index in [1.165, 1.54) is 11.3 Å². The molecule has 104 valence electrons. The van der Waals surface area contributed by atoms with Crippen molar-refractivity contribution in [2.45, 2.75) is 6.10 Å². The average molecular weight is 290 g/mol. The molecule has 1 aromatic carbocycles. The SMILES string of the molecule is O=C(NC[C@H](O)c1cccs1)C(=O)Nc1ccccc1. The number of rotatable bonds is 4. The number of hydrogen-bond acceptors (Lipinski definition) is 4. The van der Waals surface area contributed by atoms with Crippen LogP contribution in [0.4, 0.5) is 5.69 Å². The molecule has 0 saturated heterocycles. The lowest BCUT2D eigenvalue weighted by Crippen LogP contribution is -2.37. The predicted molar refractivity (Wildman–Crippen MR) is 77.4 cm³/mol. The first kappa shape index (κ1) is 14.2. The van der Waals surface area contributed by atoms with Crippen molar-refractivity contribution in [2.24, 2.45) is 0 Å². The van der Waals surface area contributed by atoms with Crippen LogP contribution in [0.2, 0.25) is 0 Å². The van der Waals surface area contributed by atoms with Crippen molar-refractivity contribution in [3.63, 3.8) is 0 Å². The molecule has 6 heteroatoms. The Bertz CT molecular complexity index is 569. The van der Waals surface area contributed by atoms with Gasteiger partial charge < -0.3 is 15.7 Å². The van der Waals surface area contributed by atoms with Gasteiger partial charge in [-0.15, -0.1) is 11.3 Å². The third-order valence-corrected chi connectivity index (χ3v) is 3.54. The first-order valence-electron chi connectivity index (χ1n) is 6.02. The van der Waals surface area contributed by atoms with Gasteiger partial charge in [0, 0.05) is 17.1 Å². The summed E-state index contributed by atoms with van der Waals surface area (Å²) in [6.45, 7) is 0.00154. The monoisotopic (exact) mass is 290 g/mol. The smallest absolute Gasteiger partial charge is 0.313 e. The minimum atomic E-state index is -0.802. The maximum absolute atomic E-state index is 11.6. The zero-order valence-corrected chi connectivity index (χ0v) is 11.4. The maximum Gasteiger partial charge on any atom is 0.313 e. The van der Waals surface area contributed by atoms with Gasteiger partial charge in [-0.1, -0.05) is 24.3 Å². The standard InChI is InChI=1S/C14H14N2O3S/c17-11(12-7-4-8-20-12)9-15-13(18)14(19)16-10-5-2-1-3-6-10/h1-8,11,17H,9H2,(H,15,18)(H,16,19)/t11-/m0/s1. The van der Waals surface area contributed by atoms with Crippen LogP contribution in [0.15, 0.2) is 47.8 Å². The van der Waals surface area contributed by atoms with E-state index in [1.807, 2.05) is 17.5 Å². The van der Waals surface area contributed by atoms with Crippen molar-refractivity contribution in [3.05, 3.63) is 52.7 Å². The summed E-state index contributed by atoms with van der Waals surface area (Å²) in [5, 5.41) is 16.5. The number of carbonyl (C=O) groups excluding carboxylic acids is 2. The van der Waals surface area contributed by atoms with Gasteiger partial charge in [-0.05, 0) is 23.6 Å². The van der Waals surface area contributed by atoms with Crippen LogP contribution in [0.25, 0.3) is 0 Å². The largest absolute Gasteiger partial charge is 0.386 e. The fourth-order valence-electron chi connectivity index (χ4n) is 1.56. The van der Waals surface area contributed by atoms with E-state index in [0.717, 1.165) is 4.88 Å². The zero-order valence-electron chi connectivity index (χ0n) is 10.6. The second-order valence-electron chi connectivity index (χ2n) is 4.06. The molecule has 20 heavy (non-hydrogen) atoms. The molecule has 1 heterocycles. The molecule has 0 unspecified atom stereocenters. The summed E-state index contributed by atoms with van der Waals surface area (Å²) in [6.07, 6.45) is -0.802. The van der Waals surface area contributed by atoms with E-state index in [1.54, 1.807) is 30.3 Å². The Morgan fingerprint density at radius 3 is 2.50 bits per heavy atom. The molecule has 0 aliphatic carbocycles. The molecular weight excluding hydrogens is 276 g/mol. The summed E-state index contributed by atoms with van der Waals surface area (Å²) in [7, 11) is 0. The van der Waals surface area contributed by atoms with Crippen molar-refractivity contribution in [1.82, 2.24) is 5.32 Å². The molecule has 2 amide bonds. The number of aliphatic hydroxyl groups excluding tert-OH is 1. The second-order valence-corrected chi connectivity index (χ2v) is 5.04. The molecule has 0 aliphatic heterocycles. The van der Waals surface area contributed by atoms with Gasteiger partial charge >= 0.3 is 11.8 Å². The normalized spacial score (nSPS) is 11.7. The molecule has 0 radical (unpaired) electrons. The molecule has 3 N–H and O–H groups in total. The van der Waals surface area contributed by atoms with Crippen molar-refractivity contribution in [2.75, 3.05) is 11.9 Å². The number of nitrogens with one attached hydrogen (secondary N) is 2. The molecule has 0 saturated carbocycles. The van der Waals surface area contributed by atoms with Crippen LogP contribution in [0.1, 0.15) is 11.0 Å². The van der Waals surface area contributed by atoms with Crippen molar-refractivity contribution >= 4 is 28.8 Å². The number of amides is 2. The Kier molecular flexibility index (Phi) is 4.86. The maximum atomic E-state index is 11.6. The molecule has 0 fully saturated rings. The highest BCUT2D eigenvalue weighted by atomic mass is 32.1. The fraction of sp³-hybridized carbons (Fsp3) is 0.143. The topological polar surface area (TPSA) is 78.4 Å². The highest BCUT2D eigenvalue weighted by Gasteiger charge is 2.16. The van der Waals surface area contributed by atoms with Crippen LogP contribution < -0.4 is 10.6 Å². The van der Waals surface area contributed by atoms with Gasteiger partial charge in [0.1, 0.15) is 6.10 Å². The Labute approximate surface area is 120 Å². The fourth-order valence-corrected chi connectivity index (χ4v) is 2.27. The van der Waals surface area contributed by atoms with Gasteiger partial charge in [0.25, 0.3) is 0 Å². The third kappa shape index (κ3) is 3.91. The van der Waals surface area contributed by atoms with E-state index in [9.17, 15) is 14.7 Å². The molecular formula is C14H14N2O3S. The number of benzene rings is 1. The van der Waals surface area contributed by atoms with Gasteiger partial charge in [-0.3, -0.25) is 9.59 Å². The van der Waals surface area contributed by atoms with E-state index >= 15 is 0 Å². The van der Waals surface area contributed by atoms with E-state index < -0.39 is 17.9 Å². The van der Waals surface area contributed by atoms with Crippen LogP contribution in [0, 0.1) is 0 Å². The lowest BCUT2D eigenvalue weighted by Gasteiger charge is -2.10. The van der Waals surface area contributed by atoms with Crippen LogP contribution in [-0.2, 0) is 9.59 Å². The number of para-hydroxylation sites is 1. The predicted octanol–water partition coefficient (Wildman–Crippen LogP) is 1.54. The molecule has 0 aliphatic rings. The summed E-state index contributed by atoms with van der Waals surface area (Å²) < 4.78 is 0. The summed E-state index contributed by atoms with van der Waals surface area (Å²) in [4.78, 5) is 23.9. The first-order chi connectivity index (χ1) is 9.66. The Balaban J connectivity index is 1.81. The minimum absolute atomic E-state index is 0.00154. The number of hydrogen-bond donors (Lipinski definition) is 3. The number of carbonyl (C=O) groups is 2. The summed E-state index contributed by atoms with van der Waals surface area (Å²) in [5.41, 5.74) is 0.548. The number of anilines is 1. The molecule has 0 spiro atoms. The quantitative estimate of drug-likeness (QED) is 0.747. The van der Waals surface area contributed by atoms with Crippen molar-refractivity contribution in [1.29, 1.82) is 0 Å². The molecule has 1 aromatic heterocycles.